The number of benzene rings is 4. The third-order valence-corrected chi connectivity index (χ3v) is 8.12. The summed E-state index contributed by atoms with van der Waals surface area (Å²) in [6.07, 6.45) is 0. The summed E-state index contributed by atoms with van der Waals surface area (Å²) in [5.74, 6) is -1.17. The first-order valence-corrected chi connectivity index (χ1v) is 15.7. The number of carbonyl (C=O) groups is 2. The maximum Gasteiger partial charge on any atom is 0.340 e. The number of nitrogens with zero attached hydrogens (tertiary/aromatic N) is 1. The summed E-state index contributed by atoms with van der Waals surface area (Å²) in [4.78, 5) is 26.2. The highest BCUT2D eigenvalue weighted by molar-refractivity contribution is 6.12. The number of hydrogen-bond acceptors (Lipinski definition) is 4. The predicted octanol–water partition coefficient (Wildman–Crippen LogP) is 8.75. The van der Waals surface area contributed by atoms with Gasteiger partial charge < -0.3 is 24.5 Å². The largest absolute Gasteiger partial charge is 0.492 e. The number of nitrogens with one attached hydrogen (secondary N) is 1. The number of amides is 1. The fourth-order valence-electron chi connectivity index (χ4n) is 5.89. The molecule has 0 saturated heterocycles. The van der Waals surface area contributed by atoms with E-state index in [0.29, 0.717) is 29.1 Å². The van der Waals surface area contributed by atoms with Crippen molar-refractivity contribution in [1.82, 2.24) is 4.57 Å². The van der Waals surface area contributed by atoms with Gasteiger partial charge in [-0.2, -0.15) is 0 Å². The van der Waals surface area contributed by atoms with E-state index in [9.17, 15) is 19.1 Å². The second-order valence-electron chi connectivity index (χ2n) is 11.6. The van der Waals surface area contributed by atoms with Crippen LogP contribution in [-0.4, -0.2) is 34.8 Å². The minimum Gasteiger partial charge on any atom is -0.492 e. The third kappa shape index (κ3) is 7.13. The van der Waals surface area contributed by atoms with E-state index in [0.717, 1.165) is 28.1 Å². The molecule has 1 aromatic heterocycles. The summed E-state index contributed by atoms with van der Waals surface area (Å²) < 4.78 is 28.0. The molecule has 5 aromatic rings. The lowest BCUT2D eigenvalue weighted by Crippen LogP contribution is -2.35. The van der Waals surface area contributed by atoms with Crippen molar-refractivity contribution in [3.63, 3.8) is 0 Å². The van der Waals surface area contributed by atoms with Crippen molar-refractivity contribution >= 4 is 17.6 Å². The van der Waals surface area contributed by atoms with E-state index in [1.165, 1.54) is 19.1 Å². The van der Waals surface area contributed by atoms with E-state index in [1.807, 2.05) is 74.5 Å². The fourth-order valence-corrected chi connectivity index (χ4v) is 5.89. The predicted molar refractivity (Wildman–Crippen MR) is 182 cm³/mol. The smallest absolute Gasteiger partial charge is 0.340 e. The molecule has 0 aliphatic carbocycles. The van der Waals surface area contributed by atoms with Crippen LogP contribution in [0, 0.1) is 5.82 Å². The minimum absolute atomic E-state index is 0.0604. The molecule has 0 saturated carbocycles. The lowest BCUT2D eigenvalue weighted by Gasteiger charge is -2.25. The Labute approximate surface area is 274 Å². The molecule has 2 N–H and O–H groups in total. The van der Waals surface area contributed by atoms with Gasteiger partial charge in [0.2, 0.25) is 0 Å². The molecule has 0 fully saturated rings. The lowest BCUT2D eigenvalue weighted by atomic mass is 9.94. The molecule has 0 bridgehead atoms. The van der Waals surface area contributed by atoms with Crippen LogP contribution in [0.5, 0.6) is 5.75 Å². The number of para-hydroxylation sites is 1. The molecule has 1 atom stereocenters. The van der Waals surface area contributed by atoms with Crippen molar-refractivity contribution in [2.24, 2.45) is 0 Å². The van der Waals surface area contributed by atoms with Gasteiger partial charge in [-0.05, 0) is 85.0 Å². The third-order valence-electron chi connectivity index (χ3n) is 8.12. The van der Waals surface area contributed by atoms with Gasteiger partial charge >= 0.3 is 5.97 Å². The van der Waals surface area contributed by atoms with Crippen molar-refractivity contribution in [3.05, 3.63) is 132 Å². The van der Waals surface area contributed by atoms with Crippen LogP contribution in [0.4, 0.5) is 10.1 Å². The van der Waals surface area contributed by atoms with Gasteiger partial charge in [-0.25, -0.2) is 9.18 Å². The fraction of sp³-hybridized carbons (Fsp3) is 0.231. The molecule has 0 aliphatic rings. The number of aliphatic carboxylic acids is 1. The number of aromatic nitrogens is 1. The molecule has 1 heterocycles. The summed E-state index contributed by atoms with van der Waals surface area (Å²) in [6.45, 7) is 8.26. The van der Waals surface area contributed by atoms with Crippen molar-refractivity contribution < 1.29 is 28.6 Å². The quantitative estimate of drug-likeness (QED) is 0.135. The monoisotopic (exact) mass is 634 g/mol. The number of carboxylic acids is 1. The summed E-state index contributed by atoms with van der Waals surface area (Å²) in [5, 5.41) is 12.9. The van der Waals surface area contributed by atoms with Gasteiger partial charge in [-0.1, -0.05) is 74.5 Å². The van der Waals surface area contributed by atoms with Crippen LogP contribution in [0.15, 0.2) is 109 Å². The van der Waals surface area contributed by atoms with Crippen LogP contribution in [-0.2, 0) is 21.7 Å². The zero-order chi connectivity index (χ0) is 33.6. The summed E-state index contributed by atoms with van der Waals surface area (Å²) in [6, 6.07) is 32.2. The van der Waals surface area contributed by atoms with E-state index in [2.05, 4.69) is 9.88 Å². The Morgan fingerprint density at radius 3 is 2.06 bits per heavy atom. The zero-order valence-electron chi connectivity index (χ0n) is 27.0. The molecular weight excluding hydrogens is 595 g/mol. The molecule has 0 radical (unpaired) electrons. The SMILES string of the molecule is CCOC(C)(C(=O)O)c1ccc(OCCn2c(-c3ccc(F)cc3)c(-c3ccccc3)c(C(=O)Nc3ccccc3)c2C(C)C)cc1. The van der Waals surface area contributed by atoms with E-state index >= 15 is 0 Å². The van der Waals surface area contributed by atoms with Crippen molar-refractivity contribution in [3.8, 4) is 28.1 Å². The van der Waals surface area contributed by atoms with Crippen LogP contribution in [0.25, 0.3) is 22.4 Å². The number of halogens is 1. The van der Waals surface area contributed by atoms with Crippen LogP contribution in [0.1, 0.15) is 55.2 Å². The molecule has 5 rings (SSSR count). The molecule has 0 spiro atoms. The normalized spacial score (nSPS) is 12.5. The first-order valence-electron chi connectivity index (χ1n) is 15.7. The van der Waals surface area contributed by atoms with Gasteiger partial charge in [-0.3, -0.25) is 4.79 Å². The lowest BCUT2D eigenvalue weighted by molar-refractivity contribution is -0.164. The summed E-state index contributed by atoms with van der Waals surface area (Å²) in [5.41, 5.74) is 4.24. The van der Waals surface area contributed by atoms with E-state index in [1.54, 1.807) is 43.3 Å². The van der Waals surface area contributed by atoms with Crippen molar-refractivity contribution in [2.45, 2.75) is 45.8 Å². The maximum absolute atomic E-state index is 14.2. The number of anilines is 1. The second-order valence-corrected chi connectivity index (χ2v) is 11.6. The summed E-state index contributed by atoms with van der Waals surface area (Å²) in [7, 11) is 0. The molecule has 242 valence electrons. The first-order chi connectivity index (χ1) is 22.6. The van der Waals surface area contributed by atoms with E-state index in [-0.39, 0.29) is 30.9 Å². The standard InChI is InChI=1S/C39H39FN2O5/c1-5-47-39(4,38(44)45)29-18-22-32(23-19-29)46-25-24-42-35(26(2)3)34(37(43)41-31-14-10-7-11-15-31)33(27-12-8-6-9-13-27)36(42)28-16-20-30(40)21-17-28/h6-23,26H,5,24-25H2,1-4H3,(H,41,43)(H,44,45). The first kappa shape index (κ1) is 33.2. The van der Waals surface area contributed by atoms with Crippen LogP contribution in [0.3, 0.4) is 0 Å². The van der Waals surface area contributed by atoms with Gasteiger partial charge in [-0.15, -0.1) is 0 Å². The van der Waals surface area contributed by atoms with Gasteiger partial charge in [0.25, 0.3) is 5.91 Å². The van der Waals surface area contributed by atoms with Gasteiger partial charge in [0.1, 0.15) is 18.2 Å². The Kier molecular flexibility index (Phi) is 10.2. The van der Waals surface area contributed by atoms with Gasteiger partial charge in [0.15, 0.2) is 5.60 Å². The molecule has 1 amide bonds. The van der Waals surface area contributed by atoms with E-state index < -0.39 is 11.6 Å². The molecule has 47 heavy (non-hydrogen) atoms. The highest BCUT2D eigenvalue weighted by atomic mass is 19.1. The number of hydrogen-bond donors (Lipinski definition) is 2. The molecular formula is C39H39FN2O5. The Hall–Kier alpha value is -5.21. The Morgan fingerprint density at radius 2 is 1.49 bits per heavy atom. The molecule has 7 nitrogen and oxygen atoms in total. The van der Waals surface area contributed by atoms with Crippen LogP contribution in [0.2, 0.25) is 0 Å². The Bertz CT molecular complexity index is 1820. The number of carbonyl (C=O) groups excluding carboxylic acids is 1. The van der Waals surface area contributed by atoms with Gasteiger partial charge in [0, 0.05) is 23.6 Å². The minimum atomic E-state index is -1.47. The Morgan fingerprint density at radius 1 is 0.872 bits per heavy atom. The topological polar surface area (TPSA) is 89.8 Å². The number of carboxylic acid groups (broad SMARTS) is 1. The highest BCUT2D eigenvalue weighted by Gasteiger charge is 2.36. The maximum atomic E-state index is 14.2. The van der Waals surface area contributed by atoms with Crippen molar-refractivity contribution in [1.29, 1.82) is 0 Å². The van der Waals surface area contributed by atoms with Crippen LogP contribution < -0.4 is 10.1 Å². The number of ether oxygens (including phenoxy) is 2. The van der Waals surface area contributed by atoms with Gasteiger partial charge in [0.05, 0.1) is 17.8 Å². The molecule has 8 heteroatoms. The molecule has 4 aromatic carbocycles. The molecule has 1 unspecified atom stereocenters. The van der Waals surface area contributed by atoms with E-state index in [4.69, 9.17) is 9.47 Å². The summed E-state index contributed by atoms with van der Waals surface area (Å²) >= 11 is 0. The second kappa shape index (κ2) is 14.5. The molecule has 0 aliphatic heterocycles. The number of rotatable bonds is 13. The van der Waals surface area contributed by atoms with Crippen LogP contribution >= 0.6 is 0 Å². The highest BCUT2D eigenvalue weighted by Crippen LogP contribution is 2.42. The average Bonchev–Trinajstić information content (AvgIpc) is 3.42. The van der Waals surface area contributed by atoms with Crippen molar-refractivity contribution in [2.75, 3.05) is 18.5 Å². The Balaban J connectivity index is 1.58. The zero-order valence-corrected chi connectivity index (χ0v) is 27.0. The average molecular weight is 635 g/mol.